The van der Waals surface area contributed by atoms with Gasteiger partial charge in [0.25, 0.3) is 0 Å². The summed E-state index contributed by atoms with van der Waals surface area (Å²) >= 11 is 6.24. The van der Waals surface area contributed by atoms with E-state index >= 15 is 0 Å². The quantitative estimate of drug-likeness (QED) is 0.871. The van der Waals surface area contributed by atoms with Gasteiger partial charge in [-0.2, -0.15) is 0 Å². The van der Waals surface area contributed by atoms with Crippen molar-refractivity contribution in [2.24, 2.45) is 17.6 Å². The molecule has 3 heteroatoms. The van der Waals surface area contributed by atoms with Gasteiger partial charge in [-0.05, 0) is 30.4 Å². The molecule has 0 bridgehead atoms. The second-order valence-electron chi connectivity index (χ2n) is 5.62. The van der Waals surface area contributed by atoms with Gasteiger partial charge in [-0.3, -0.25) is 0 Å². The zero-order valence-corrected chi connectivity index (χ0v) is 12.0. The zero-order chi connectivity index (χ0) is 13.2. The topological polar surface area (TPSA) is 38.0 Å². The maximum atomic E-state index is 6.24. The van der Waals surface area contributed by atoms with Crippen molar-refractivity contribution < 1.29 is 0 Å². The lowest BCUT2D eigenvalue weighted by atomic mass is 9.68. The van der Waals surface area contributed by atoms with Crippen LogP contribution in [0.3, 0.4) is 0 Å². The first kappa shape index (κ1) is 13.7. The lowest BCUT2D eigenvalue weighted by Gasteiger charge is -2.46. The molecule has 1 aliphatic carbocycles. The SMILES string of the molecule is CC1CCCC(CN)(Nc2ccccc2Cl)C1C. The fourth-order valence-electron chi connectivity index (χ4n) is 3.11. The summed E-state index contributed by atoms with van der Waals surface area (Å²) in [5.74, 6) is 1.27. The molecule has 0 spiro atoms. The first-order valence-electron chi connectivity index (χ1n) is 6.82. The predicted molar refractivity (Wildman–Crippen MR) is 79.0 cm³/mol. The fourth-order valence-corrected chi connectivity index (χ4v) is 3.29. The molecule has 0 saturated heterocycles. The molecule has 3 atom stereocenters. The van der Waals surface area contributed by atoms with Crippen molar-refractivity contribution in [3.05, 3.63) is 29.3 Å². The van der Waals surface area contributed by atoms with Crippen molar-refractivity contribution in [1.29, 1.82) is 0 Å². The lowest BCUT2D eigenvalue weighted by molar-refractivity contribution is 0.168. The van der Waals surface area contributed by atoms with Gasteiger partial charge in [0.15, 0.2) is 0 Å². The Morgan fingerprint density at radius 2 is 2.11 bits per heavy atom. The minimum atomic E-state index is -0.0112. The molecule has 0 heterocycles. The third-order valence-electron chi connectivity index (χ3n) is 4.63. The van der Waals surface area contributed by atoms with Gasteiger partial charge < -0.3 is 11.1 Å². The Morgan fingerprint density at radius 3 is 2.78 bits per heavy atom. The van der Waals surface area contributed by atoms with Crippen molar-refractivity contribution >= 4 is 17.3 Å². The molecule has 1 aromatic carbocycles. The van der Waals surface area contributed by atoms with E-state index in [1.807, 2.05) is 24.3 Å². The summed E-state index contributed by atoms with van der Waals surface area (Å²) in [5, 5.41) is 4.41. The van der Waals surface area contributed by atoms with Crippen molar-refractivity contribution in [3.8, 4) is 0 Å². The monoisotopic (exact) mass is 266 g/mol. The largest absolute Gasteiger partial charge is 0.377 e. The fraction of sp³-hybridized carbons (Fsp3) is 0.600. The third kappa shape index (κ3) is 2.50. The van der Waals surface area contributed by atoms with Crippen molar-refractivity contribution in [1.82, 2.24) is 0 Å². The van der Waals surface area contributed by atoms with Crippen LogP contribution in [0.1, 0.15) is 33.1 Å². The first-order valence-corrected chi connectivity index (χ1v) is 7.19. The Morgan fingerprint density at radius 1 is 1.39 bits per heavy atom. The van der Waals surface area contributed by atoms with E-state index in [0.717, 1.165) is 17.1 Å². The molecule has 18 heavy (non-hydrogen) atoms. The Labute approximate surface area is 115 Å². The van der Waals surface area contributed by atoms with Crippen LogP contribution in [0.2, 0.25) is 5.02 Å². The number of halogens is 1. The standard InChI is InChI=1S/C15H23ClN2/c1-11-6-5-9-15(10-17,12(11)2)18-14-8-4-3-7-13(14)16/h3-4,7-8,11-12,18H,5-6,9-10,17H2,1-2H3. The van der Waals surface area contributed by atoms with Crippen LogP contribution in [0.4, 0.5) is 5.69 Å². The minimum absolute atomic E-state index is 0.0112. The zero-order valence-electron chi connectivity index (χ0n) is 11.2. The van der Waals surface area contributed by atoms with Crippen molar-refractivity contribution in [3.63, 3.8) is 0 Å². The molecule has 2 nitrogen and oxygen atoms in total. The van der Waals surface area contributed by atoms with Gasteiger partial charge in [0.2, 0.25) is 0 Å². The molecule has 1 fully saturated rings. The maximum absolute atomic E-state index is 6.24. The number of rotatable bonds is 3. The van der Waals surface area contributed by atoms with Crippen LogP contribution >= 0.6 is 11.6 Å². The Balaban J connectivity index is 2.25. The summed E-state index contributed by atoms with van der Waals surface area (Å²) in [6, 6.07) is 7.92. The Hall–Kier alpha value is -0.730. The average molecular weight is 267 g/mol. The first-order chi connectivity index (χ1) is 8.59. The number of para-hydroxylation sites is 1. The highest BCUT2D eigenvalue weighted by Gasteiger charge is 2.40. The molecule has 1 aromatic rings. The molecule has 3 N–H and O–H groups in total. The van der Waals surface area contributed by atoms with E-state index in [1.165, 1.54) is 12.8 Å². The average Bonchev–Trinajstić information content (AvgIpc) is 2.38. The molecule has 0 radical (unpaired) electrons. The van der Waals surface area contributed by atoms with Gasteiger partial charge >= 0.3 is 0 Å². The molecule has 1 aliphatic rings. The van der Waals surface area contributed by atoms with Gasteiger partial charge in [-0.1, -0.05) is 50.4 Å². The normalized spacial score (nSPS) is 32.2. The second kappa shape index (κ2) is 5.50. The van der Waals surface area contributed by atoms with Crippen molar-refractivity contribution in [2.45, 2.75) is 38.6 Å². The molecule has 0 aliphatic heterocycles. The molecular weight excluding hydrogens is 244 g/mol. The summed E-state index contributed by atoms with van der Waals surface area (Å²) in [4.78, 5) is 0. The molecule has 0 amide bonds. The molecule has 0 aromatic heterocycles. The van der Waals surface area contributed by atoms with E-state index in [4.69, 9.17) is 17.3 Å². The Kier molecular flexibility index (Phi) is 4.18. The maximum Gasteiger partial charge on any atom is 0.0637 e. The molecule has 1 saturated carbocycles. The number of nitrogens with two attached hydrogens (primary N) is 1. The highest BCUT2D eigenvalue weighted by atomic mass is 35.5. The van der Waals surface area contributed by atoms with Crippen LogP contribution in [-0.4, -0.2) is 12.1 Å². The van der Waals surface area contributed by atoms with E-state index in [1.54, 1.807) is 0 Å². The van der Waals surface area contributed by atoms with E-state index in [0.29, 0.717) is 18.4 Å². The summed E-state index contributed by atoms with van der Waals surface area (Å²) in [7, 11) is 0. The van der Waals surface area contributed by atoms with Crippen LogP contribution in [-0.2, 0) is 0 Å². The molecular formula is C15H23ClN2. The minimum Gasteiger partial charge on any atom is -0.377 e. The summed E-state index contributed by atoms with van der Waals surface area (Å²) in [6.45, 7) is 5.28. The highest BCUT2D eigenvalue weighted by Crippen LogP contribution is 2.40. The summed E-state index contributed by atoms with van der Waals surface area (Å²) in [6.07, 6.45) is 3.66. The molecule has 2 rings (SSSR count). The number of hydrogen-bond donors (Lipinski definition) is 2. The van der Waals surface area contributed by atoms with E-state index in [9.17, 15) is 0 Å². The summed E-state index contributed by atoms with van der Waals surface area (Å²) < 4.78 is 0. The predicted octanol–water partition coefficient (Wildman–Crippen LogP) is 3.91. The van der Waals surface area contributed by atoms with Gasteiger partial charge in [0.05, 0.1) is 16.2 Å². The molecule has 3 unspecified atom stereocenters. The van der Waals surface area contributed by atoms with Crippen molar-refractivity contribution in [2.75, 3.05) is 11.9 Å². The Bertz CT molecular complexity index is 407. The van der Waals surface area contributed by atoms with Crippen LogP contribution in [0.25, 0.3) is 0 Å². The lowest BCUT2D eigenvalue weighted by Crippen LogP contribution is -2.54. The van der Waals surface area contributed by atoms with Crippen LogP contribution in [0, 0.1) is 11.8 Å². The van der Waals surface area contributed by atoms with Gasteiger partial charge in [0, 0.05) is 6.54 Å². The van der Waals surface area contributed by atoms with E-state index in [-0.39, 0.29) is 5.54 Å². The van der Waals surface area contributed by atoms with Crippen LogP contribution in [0.15, 0.2) is 24.3 Å². The number of benzene rings is 1. The van der Waals surface area contributed by atoms with Crippen LogP contribution in [0.5, 0.6) is 0 Å². The number of hydrogen-bond acceptors (Lipinski definition) is 2. The summed E-state index contributed by atoms with van der Waals surface area (Å²) in [5.41, 5.74) is 7.08. The smallest absolute Gasteiger partial charge is 0.0637 e. The van der Waals surface area contributed by atoms with Gasteiger partial charge in [-0.25, -0.2) is 0 Å². The highest BCUT2D eigenvalue weighted by molar-refractivity contribution is 6.33. The van der Waals surface area contributed by atoms with Crippen LogP contribution < -0.4 is 11.1 Å². The number of anilines is 1. The third-order valence-corrected chi connectivity index (χ3v) is 4.96. The van der Waals surface area contributed by atoms with E-state index in [2.05, 4.69) is 19.2 Å². The second-order valence-corrected chi connectivity index (χ2v) is 6.03. The molecule has 100 valence electrons. The van der Waals surface area contributed by atoms with Gasteiger partial charge in [-0.15, -0.1) is 0 Å². The van der Waals surface area contributed by atoms with Gasteiger partial charge in [0.1, 0.15) is 0 Å². The van der Waals surface area contributed by atoms with E-state index < -0.39 is 0 Å². The number of nitrogens with one attached hydrogen (secondary N) is 1.